The highest BCUT2D eigenvalue weighted by atomic mass is 16.2. The van der Waals surface area contributed by atoms with Gasteiger partial charge in [-0.2, -0.15) is 10.4 Å². The number of nitrogens with zero attached hydrogens (tertiary/aromatic N) is 4. The molecular weight excluding hydrogens is 194 g/mol. The maximum atomic E-state index is 11.9. The van der Waals surface area contributed by atoms with Crippen molar-refractivity contribution in [2.75, 3.05) is 6.54 Å². The van der Waals surface area contributed by atoms with Crippen molar-refractivity contribution in [2.24, 2.45) is 0 Å². The van der Waals surface area contributed by atoms with Crippen LogP contribution in [0.1, 0.15) is 29.9 Å². The van der Waals surface area contributed by atoms with Gasteiger partial charge in [-0.25, -0.2) is 4.98 Å². The Balaban J connectivity index is 2.04. The third kappa shape index (κ3) is 2.13. The molecule has 0 saturated heterocycles. The molecule has 1 aromatic heterocycles. The van der Waals surface area contributed by atoms with E-state index < -0.39 is 0 Å². The van der Waals surface area contributed by atoms with Gasteiger partial charge in [0.15, 0.2) is 0 Å². The van der Waals surface area contributed by atoms with Gasteiger partial charge < -0.3 is 4.90 Å². The second kappa shape index (κ2) is 4.09. The summed E-state index contributed by atoms with van der Waals surface area (Å²) in [5.74, 6) is 0.0880. The summed E-state index contributed by atoms with van der Waals surface area (Å²) in [7, 11) is 0. The molecule has 0 spiro atoms. The first kappa shape index (κ1) is 9.65. The number of hydrogen-bond donors (Lipinski definition) is 1. The van der Waals surface area contributed by atoms with Gasteiger partial charge in [0.05, 0.1) is 12.5 Å². The Morgan fingerprint density at radius 2 is 2.53 bits per heavy atom. The van der Waals surface area contributed by atoms with E-state index in [4.69, 9.17) is 5.26 Å². The second-order valence-corrected chi connectivity index (χ2v) is 3.47. The minimum absolute atomic E-state index is 0.162. The Kier molecular flexibility index (Phi) is 2.63. The molecule has 0 bridgehead atoms. The monoisotopic (exact) mass is 205 g/mol. The highest BCUT2D eigenvalue weighted by Crippen LogP contribution is 2.27. The summed E-state index contributed by atoms with van der Waals surface area (Å²) in [5.41, 5.74) is 0. The normalized spacial score (nSPS) is 14.6. The molecule has 0 radical (unpaired) electrons. The lowest BCUT2D eigenvalue weighted by molar-refractivity contribution is 0.0735. The molecule has 1 aliphatic carbocycles. The average molecular weight is 205 g/mol. The maximum absolute atomic E-state index is 11.9. The fourth-order valence-electron chi connectivity index (χ4n) is 1.45. The van der Waals surface area contributed by atoms with E-state index in [1.54, 1.807) is 4.90 Å². The van der Waals surface area contributed by atoms with Gasteiger partial charge in [-0.05, 0) is 12.8 Å². The fourth-order valence-corrected chi connectivity index (χ4v) is 1.45. The number of nitrogens with one attached hydrogen (secondary N) is 1. The van der Waals surface area contributed by atoms with Crippen LogP contribution in [0.2, 0.25) is 0 Å². The van der Waals surface area contributed by atoms with Crippen LogP contribution in [-0.4, -0.2) is 38.6 Å². The molecule has 1 N–H and O–H groups in total. The van der Waals surface area contributed by atoms with Crippen molar-refractivity contribution in [2.45, 2.75) is 25.3 Å². The molecule has 1 fully saturated rings. The lowest BCUT2D eigenvalue weighted by atomic mass is 10.3. The van der Waals surface area contributed by atoms with Gasteiger partial charge in [-0.3, -0.25) is 9.89 Å². The van der Waals surface area contributed by atoms with Crippen molar-refractivity contribution in [1.82, 2.24) is 20.1 Å². The molecule has 15 heavy (non-hydrogen) atoms. The highest BCUT2D eigenvalue weighted by molar-refractivity contribution is 5.90. The average Bonchev–Trinajstić information content (AvgIpc) is 2.94. The number of H-pyrrole nitrogens is 1. The summed E-state index contributed by atoms with van der Waals surface area (Å²) in [4.78, 5) is 17.4. The van der Waals surface area contributed by atoms with E-state index in [1.807, 2.05) is 6.07 Å². The summed E-state index contributed by atoms with van der Waals surface area (Å²) in [6.07, 6.45) is 3.70. The maximum Gasteiger partial charge on any atom is 0.291 e. The van der Waals surface area contributed by atoms with Crippen LogP contribution in [0.3, 0.4) is 0 Å². The van der Waals surface area contributed by atoms with Crippen LogP contribution < -0.4 is 0 Å². The Hall–Kier alpha value is -1.90. The largest absolute Gasteiger partial charge is 0.332 e. The molecule has 1 saturated carbocycles. The first-order valence-electron chi connectivity index (χ1n) is 4.86. The molecule has 1 aromatic rings. The number of carbonyl (C=O) groups excluding carboxylic acids is 1. The smallest absolute Gasteiger partial charge is 0.291 e. The molecule has 1 heterocycles. The quantitative estimate of drug-likeness (QED) is 0.767. The summed E-state index contributed by atoms with van der Waals surface area (Å²) >= 11 is 0. The van der Waals surface area contributed by atoms with E-state index in [-0.39, 0.29) is 17.8 Å². The zero-order valence-corrected chi connectivity index (χ0v) is 8.18. The van der Waals surface area contributed by atoms with Crippen molar-refractivity contribution in [3.8, 4) is 6.07 Å². The molecule has 0 aromatic carbocycles. The molecule has 1 aliphatic rings. The Bertz CT molecular complexity index is 376. The third-order valence-electron chi connectivity index (χ3n) is 2.33. The van der Waals surface area contributed by atoms with Crippen LogP contribution in [-0.2, 0) is 0 Å². The van der Waals surface area contributed by atoms with E-state index >= 15 is 0 Å². The predicted octanol–water partition coefficient (Wildman–Crippen LogP) is 0.323. The summed E-state index contributed by atoms with van der Waals surface area (Å²) < 4.78 is 0. The van der Waals surface area contributed by atoms with E-state index in [0.717, 1.165) is 12.8 Å². The Morgan fingerprint density at radius 1 is 1.73 bits per heavy atom. The van der Waals surface area contributed by atoms with Gasteiger partial charge in [0.25, 0.3) is 5.91 Å². The number of carbonyl (C=O) groups is 1. The lowest BCUT2D eigenvalue weighted by Crippen LogP contribution is -2.34. The van der Waals surface area contributed by atoms with Gasteiger partial charge in [0.1, 0.15) is 6.33 Å². The molecule has 0 unspecified atom stereocenters. The first-order valence-corrected chi connectivity index (χ1v) is 4.86. The van der Waals surface area contributed by atoms with Crippen LogP contribution >= 0.6 is 0 Å². The fraction of sp³-hybridized carbons (Fsp3) is 0.556. The number of aromatic amines is 1. The van der Waals surface area contributed by atoms with Crippen LogP contribution in [0.25, 0.3) is 0 Å². The molecule has 6 heteroatoms. The van der Waals surface area contributed by atoms with E-state index in [1.165, 1.54) is 6.33 Å². The van der Waals surface area contributed by atoms with E-state index in [9.17, 15) is 4.79 Å². The molecular formula is C9H11N5O. The standard InChI is InChI=1S/C9H11N5O/c10-4-1-5-14(7-2-3-7)9(15)8-11-6-12-13-8/h6-7H,1-3,5H2,(H,11,12,13). The highest BCUT2D eigenvalue weighted by Gasteiger charge is 2.33. The zero-order chi connectivity index (χ0) is 10.7. The van der Waals surface area contributed by atoms with E-state index in [0.29, 0.717) is 13.0 Å². The molecule has 0 atom stereocenters. The van der Waals surface area contributed by atoms with Gasteiger partial charge in [0, 0.05) is 12.6 Å². The minimum atomic E-state index is -0.162. The summed E-state index contributed by atoms with van der Waals surface area (Å²) in [6.45, 7) is 0.473. The van der Waals surface area contributed by atoms with Crippen LogP contribution in [0, 0.1) is 11.3 Å². The van der Waals surface area contributed by atoms with Crippen molar-refractivity contribution in [1.29, 1.82) is 5.26 Å². The van der Waals surface area contributed by atoms with Crippen molar-refractivity contribution < 1.29 is 4.79 Å². The molecule has 0 aliphatic heterocycles. The van der Waals surface area contributed by atoms with Crippen molar-refractivity contribution in [3.63, 3.8) is 0 Å². The minimum Gasteiger partial charge on any atom is -0.332 e. The van der Waals surface area contributed by atoms with Crippen molar-refractivity contribution in [3.05, 3.63) is 12.2 Å². The van der Waals surface area contributed by atoms with Crippen LogP contribution in [0.5, 0.6) is 0 Å². The molecule has 6 nitrogen and oxygen atoms in total. The first-order chi connectivity index (χ1) is 7.33. The number of nitriles is 1. The predicted molar refractivity (Wildman–Crippen MR) is 50.7 cm³/mol. The second-order valence-electron chi connectivity index (χ2n) is 3.47. The van der Waals surface area contributed by atoms with Crippen molar-refractivity contribution >= 4 is 5.91 Å². The third-order valence-corrected chi connectivity index (χ3v) is 2.33. The number of amides is 1. The van der Waals surface area contributed by atoms with Gasteiger partial charge >= 0.3 is 0 Å². The number of aromatic nitrogens is 3. The number of rotatable bonds is 4. The topological polar surface area (TPSA) is 85.7 Å². The van der Waals surface area contributed by atoms with Gasteiger partial charge in [-0.1, -0.05) is 0 Å². The van der Waals surface area contributed by atoms with Gasteiger partial charge in [0.2, 0.25) is 5.82 Å². The summed E-state index contributed by atoms with van der Waals surface area (Å²) in [5, 5.41) is 14.7. The van der Waals surface area contributed by atoms with Crippen LogP contribution in [0.4, 0.5) is 0 Å². The van der Waals surface area contributed by atoms with Crippen LogP contribution in [0.15, 0.2) is 6.33 Å². The SMILES string of the molecule is N#CCCN(C(=O)c1ncn[nH]1)C1CC1. The number of hydrogen-bond acceptors (Lipinski definition) is 4. The Labute approximate surface area is 86.9 Å². The summed E-state index contributed by atoms with van der Waals surface area (Å²) in [6, 6.07) is 2.33. The lowest BCUT2D eigenvalue weighted by Gasteiger charge is -2.19. The van der Waals surface area contributed by atoms with E-state index in [2.05, 4.69) is 15.2 Å². The van der Waals surface area contributed by atoms with Gasteiger partial charge in [-0.15, -0.1) is 0 Å². The molecule has 78 valence electrons. The Morgan fingerprint density at radius 3 is 3.07 bits per heavy atom. The molecule has 2 rings (SSSR count). The molecule has 1 amide bonds. The zero-order valence-electron chi connectivity index (χ0n) is 8.18.